The topological polar surface area (TPSA) is 58.2 Å². The van der Waals surface area contributed by atoms with Crippen molar-refractivity contribution >= 4 is 58.2 Å². The number of benzene rings is 4. The zero-order valence-corrected chi connectivity index (χ0v) is 21.1. The average Bonchev–Trinajstić information content (AvgIpc) is 2.86. The molecule has 7 heteroatoms. The van der Waals surface area contributed by atoms with Crippen molar-refractivity contribution in [3.8, 4) is 0 Å². The molecule has 0 aliphatic carbocycles. The normalized spacial score (nSPS) is 11.5. The van der Waals surface area contributed by atoms with Crippen LogP contribution in [0.1, 0.15) is 26.7 Å². The van der Waals surface area contributed by atoms with Gasteiger partial charge in [-0.3, -0.25) is 9.59 Å². The van der Waals surface area contributed by atoms with Crippen LogP contribution in [0.15, 0.2) is 102 Å². The molecule has 0 radical (unpaired) electrons. The van der Waals surface area contributed by atoms with Gasteiger partial charge in [0.05, 0.1) is 10.7 Å². The Balaban J connectivity index is 1.49. The minimum Gasteiger partial charge on any atom is -0.323 e. The van der Waals surface area contributed by atoms with Crippen LogP contribution in [0.3, 0.4) is 0 Å². The van der Waals surface area contributed by atoms with Gasteiger partial charge in [0.1, 0.15) is 5.25 Å². The second-order valence-electron chi connectivity index (χ2n) is 7.87. The third-order valence-electron chi connectivity index (χ3n) is 5.21. The van der Waals surface area contributed by atoms with E-state index in [2.05, 4.69) is 10.6 Å². The van der Waals surface area contributed by atoms with E-state index in [0.29, 0.717) is 27.0 Å². The Bertz CT molecular complexity index is 1330. The molecule has 4 aromatic rings. The molecule has 0 aliphatic rings. The standard InChI is InChI=1S/C28H22Cl2N2O2S/c1-18-7-9-20(10-8-18)27(33)31-22-12-14-23(15-13-22)35-26(19-5-3-2-4-6-19)28(34)32-25-16-11-21(29)17-24(25)30/h2-17,26H,1H3,(H,31,33)(H,32,34). The number of hydrogen-bond acceptors (Lipinski definition) is 3. The summed E-state index contributed by atoms with van der Waals surface area (Å²) in [7, 11) is 0. The van der Waals surface area contributed by atoms with Gasteiger partial charge in [0, 0.05) is 21.2 Å². The zero-order chi connectivity index (χ0) is 24.8. The third-order valence-corrected chi connectivity index (χ3v) is 7.02. The van der Waals surface area contributed by atoms with E-state index in [-0.39, 0.29) is 11.8 Å². The number of amides is 2. The first-order valence-electron chi connectivity index (χ1n) is 10.8. The zero-order valence-electron chi connectivity index (χ0n) is 18.8. The number of aryl methyl sites for hydroxylation is 1. The Morgan fingerprint density at radius 1 is 0.800 bits per heavy atom. The van der Waals surface area contributed by atoms with Crippen LogP contribution in [0, 0.1) is 6.92 Å². The number of thioether (sulfide) groups is 1. The molecule has 0 aromatic heterocycles. The fourth-order valence-electron chi connectivity index (χ4n) is 3.35. The number of hydrogen-bond donors (Lipinski definition) is 2. The van der Waals surface area contributed by atoms with Crippen LogP contribution in [0.5, 0.6) is 0 Å². The second kappa shape index (κ2) is 11.5. The molecule has 0 saturated carbocycles. The highest BCUT2D eigenvalue weighted by Crippen LogP contribution is 2.37. The van der Waals surface area contributed by atoms with Crippen molar-refractivity contribution in [2.45, 2.75) is 17.1 Å². The summed E-state index contributed by atoms with van der Waals surface area (Å²) in [6, 6.07) is 29.3. The predicted octanol–water partition coefficient (Wildman–Crippen LogP) is 8.03. The van der Waals surface area contributed by atoms with Crippen molar-refractivity contribution in [3.05, 3.63) is 124 Å². The summed E-state index contributed by atoms with van der Waals surface area (Å²) in [4.78, 5) is 26.6. The number of nitrogens with one attached hydrogen (secondary N) is 2. The first-order valence-corrected chi connectivity index (χ1v) is 12.5. The molecule has 0 aliphatic heterocycles. The summed E-state index contributed by atoms with van der Waals surface area (Å²) in [6.07, 6.45) is 0. The van der Waals surface area contributed by atoms with Gasteiger partial charge in [-0.1, -0.05) is 71.2 Å². The van der Waals surface area contributed by atoms with E-state index in [9.17, 15) is 9.59 Å². The minimum atomic E-state index is -0.518. The molecule has 4 aromatic carbocycles. The van der Waals surface area contributed by atoms with E-state index < -0.39 is 5.25 Å². The van der Waals surface area contributed by atoms with Gasteiger partial charge in [0.15, 0.2) is 0 Å². The SMILES string of the molecule is Cc1ccc(C(=O)Nc2ccc(SC(C(=O)Nc3ccc(Cl)cc3Cl)c3ccccc3)cc2)cc1. The first-order chi connectivity index (χ1) is 16.9. The molecular weight excluding hydrogens is 499 g/mol. The molecule has 0 fully saturated rings. The predicted molar refractivity (Wildman–Crippen MR) is 146 cm³/mol. The van der Waals surface area contributed by atoms with Gasteiger partial charge in [-0.15, -0.1) is 11.8 Å². The fourth-order valence-corrected chi connectivity index (χ4v) is 4.83. The van der Waals surface area contributed by atoms with E-state index >= 15 is 0 Å². The monoisotopic (exact) mass is 520 g/mol. The van der Waals surface area contributed by atoms with Gasteiger partial charge in [0.2, 0.25) is 5.91 Å². The van der Waals surface area contributed by atoms with Gasteiger partial charge in [0.25, 0.3) is 5.91 Å². The summed E-state index contributed by atoms with van der Waals surface area (Å²) >= 11 is 13.6. The van der Waals surface area contributed by atoms with Gasteiger partial charge < -0.3 is 10.6 Å². The highest BCUT2D eigenvalue weighted by molar-refractivity contribution is 8.00. The first kappa shape index (κ1) is 24.9. The van der Waals surface area contributed by atoms with Crippen LogP contribution in [0.4, 0.5) is 11.4 Å². The van der Waals surface area contributed by atoms with Gasteiger partial charge >= 0.3 is 0 Å². The molecule has 0 saturated heterocycles. The van der Waals surface area contributed by atoms with Crippen LogP contribution >= 0.6 is 35.0 Å². The largest absolute Gasteiger partial charge is 0.323 e. The lowest BCUT2D eigenvalue weighted by Crippen LogP contribution is -2.19. The smallest absolute Gasteiger partial charge is 0.255 e. The molecule has 1 unspecified atom stereocenters. The molecule has 0 heterocycles. The van der Waals surface area contributed by atoms with Gasteiger partial charge in [-0.2, -0.15) is 0 Å². The number of carbonyl (C=O) groups is 2. The maximum absolute atomic E-state index is 13.3. The van der Waals surface area contributed by atoms with Crippen molar-refractivity contribution in [1.82, 2.24) is 0 Å². The van der Waals surface area contributed by atoms with Crippen LogP contribution in [0.25, 0.3) is 0 Å². The van der Waals surface area contributed by atoms with E-state index in [1.807, 2.05) is 73.7 Å². The van der Waals surface area contributed by atoms with E-state index in [1.54, 1.807) is 30.3 Å². The number of anilines is 2. The highest BCUT2D eigenvalue weighted by atomic mass is 35.5. The van der Waals surface area contributed by atoms with Crippen molar-refractivity contribution in [1.29, 1.82) is 0 Å². The molecule has 4 rings (SSSR count). The summed E-state index contributed by atoms with van der Waals surface area (Å²) < 4.78 is 0. The molecule has 0 spiro atoms. The molecule has 2 amide bonds. The molecule has 35 heavy (non-hydrogen) atoms. The lowest BCUT2D eigenvalue weighted by Gasteiger charge is -2.18. The van der Waals surface area contributed by atoms with Crippen LogP contribution < -0.4 is 10.6 Å². The van der Waals surface area contributed by atoms with Crippen LogP contribution in [-0.2, 0) is 4.79 Å². The molecular formula is C28H22Cl2N2O2S. The quantitative estimate of drug-likeness (QED) is 0.242. The van der Waals surface area contributed by atoms with E-state index in [0.717, 1.165) is 16.0 Å². The Hall–Kier alpha value is -3.25. The van der Waals surface area contributed by atoms with Crippen molar-refractivity contribution < 1.29 is 9.59 Å². The third kappa shape index (κ3) is 6.67. The number of rotatable bonds is 7. The Morgan fingerprint density at radius 2 is 1.49 bits per heavy atom. The van der Waals surface area contributed by atoms with Crippen LogP contribution in [0.2, 0.25) is 10.0 Å². The van der Waals surface area contributed by atoms with Crippen molar-refractivity contribution in [2.24, 2.45) is 0 Å². The number of carbonyl (C=O) groups excluding carboxylic acids is 2. The lowest BCUT2D eigenvalue weighted by atomic mass is 10.1. The fraction of sp³-hybridized carbons (Fsp3) is 0.0714. The van der Waals surface area contributed by atoms with Gasteiger partial charge in [-0.25, -0.2) is 0 Å². The summed E-state index contributed by atoms with van der Waals surface area (Å²) in [5.74, 6) is -0.381. The highest BCUT2D eigenvalue weighted by Gasteiger charge is 2.23. The van der Waals surface area contributed by atoms with Gasteiger partial charge in [-0.05, 0) is 67.1 Å². The Labute approximate surface area is 218 Å². The maximum Gasteiger partial charge on any atom is 0.255 e. The van der Waals surface area contributed by atoms with E-state index in [1.165, 1.54) is 11.8 Å². The lowest BCUT2D eigenvalue weighted by molar-refractivity contribution is -0.115. The van der Waals surface area contributed by atoms with Crippen LogP contribution in [-0.4, -0.2) is 11.8 Å². The van der Waals surface area contributed by atoms with Crippen molar-refractivity contribution in [3.63, 3.8) is 0 Å². The molecule has 1 atom stereocenters. The summed E-state index contributed by atoms with van der Waals surface area (Å²) in [6.45, 7) is 1.98. The molecule has 2 N–H and O–H groups in total. The Morgan fingerprint density at radius 3 is 2.14 bits per heavy atom. The van der Waals surface area contributed by atoms with Crippen molar-refractivity contribution in [2.75, 3.05) is 10.6 Å². The maximum atomic E-state index is 13.3. The summed E-state index contributed by atoms with van der Waals surface area (Å²) in [5, 5.41) is 6.16. The molecule has 4 nitrogen and oxygen atoms in total. The molecule has 0 bridgehead atoms. The molecule has 176 valence electrons. The average molecular weight is 521 g/mol. The second-order valence-corrected chi connectivity index (χ2v) is 9.89. The minimum absolute atomic E-state index is 0.174. The Kier molecular flexibility index (Phi) is 8.13. The number of halogens is 2. The van der Waals surface area contributed by atoms with E-state index in [4.69, 9.17) is 23.2 Å². The summed E-state index contributed by atoms with van der Waals surface area (Å²) in [5.41, 5.74) is 3.72.